The summed E-state index contributed by atoms with van der Waals surface area (Å²) in [5, 5.41) is 8.47. The molecule has 0 fully saturated rings. The summed E-state index contributed by atoms with van der Waals surface area (Å²) in [5.41, 5.74) is 0. The van der Waals surface area contributed by atoms with Crippen LogP contribution < -0.4 is 0 Å². The van der Waals surface area contributed by atoms with Gasteiger partial charge in [0.05, 0.1) is 0 Å². The zero-order chi connectivity index (χ0) is 13.9. The molecule has 0 saturated carbocycles. The smallest absolute Gasteiger partial charge is 0.303 e. The van der Waals surface area contributed by atoms with Gasteiger partial charge in [0.1, 0.15) is 0 Å². The van der Waals surface area contributed by atoms with E-state index in [0.717, 1.165) is 38.5 Å². The predicted molar refractivity (Wildman–Crippen MR) is 68.6 cm³/mol. The minimum Gasteiger partial charge on any atom is -0.481 e. The van der Waals surface area contributed by atoms with E-state index in [-0.39, 0.29) is 6.42 Å². The van der Waals surface area contributed by atoms with Gasteiger partial charge in [-0.1, -0.05) is 51.2 Å². The van der Waals surface area contributed by atoms with Crippen molar-refractivity contribution in [2.24, 2.45) is 0 Å². The molecule has 0 rings (SSSR count). The average Bonchev–Trinajstić information content (AvgIpc) is 2.27. The van der Waals surface area contributed by atoms with Gasteiger partial charge >= 0.3 is 5.97 Å². The van der Waals surface area contributed by atoms with Gasteiger partial charge < -0.3 is 5.11 Å². The number of carboxylic acids is 1. The molecule has 0 amide bonds. The number of hydrogen-bond acceptors (Lipinski definition) is 1. The Balaban J connectivity index is 3.46. The van der Waals surface area contributed by atoms with Crippen molar-refractivity contribution in [1.82, 2.24) is 0 Å². The fraction of sp³-hybridized carbons (Fsp3) is 0.786. The van der Waals surface area contributed by atoms with Crippen LogP contribution in [0.2, 0.25) is 0 Å². The Morgan fingerprint density at radius 1 is 1.12 bits per heavy atom. The Kier molecular flexibility index (Phi) is 8.97. The van der Waals surface area contributed by atoms with Crippen LogP contribution in [0.1, 0.15) is 73.8 Å². The molecule has 0 aromatic heterocycles. The third-order valence-electron chi connectivity index (χ3n) is 2.41. The zero-order valence-corrected chi connectivity index (χ0v) is 10.4. The molecule has 0 spiro atoms. The van der Waals surface area contributed by atoms with Crippen LogP contribution >= 0.6 is 0 Å². The van der Waals surface area contributed by atoms with E-state index in [1.54, 1.807) is 0 Å². The van der Waals surface area contributed by atoms with Gasteiger partial charge in [0, 0.05) is 9.16 Å². The van der Waals surface area contributed by atoms with Crippen molar-refractivity contribution in [3.05, 3.63) is 12.2 Å². The maximum Gasteiger partial charge on any atom is 0.303 e. The molecule has 0 aliphatic heterocycles. The van der Waals surface area contributed by atoms with E-state index in [0.29, 0.717) is 12.8 Å². The summed E-state index contributed by atoms with van der Waals surface area (Å²) in [4.78, 5) is 10.3. The number of aliphatic carboxylic acids is 1. The minimum absolute atomic E-state index is 0.253. The van der Waals surface area contributed by atoms with E-state index >= 15 is 0 Å². The van der Waals surface area contributed by atoms with Gasteiger partial charge in [-0.3, -0.25) is 4.79 Å². The summed E-state index contributed by atoms with van der Waals surface area (Å²) < 4.78 is 15.6. The molecule has 0 aliphatic rings. The number of allylic oxidation sites excluding steroid dienone is 2. The van der Waals surface area contributed by atoms with E-state index in [4.69, 9.17) is 7.85 Å². The second kappa shape index (κ2) is 12.3. The van der Waals surface area contributed by atoms with Crippen LogP contribution in [0.4, 0.5) is 0 Å². The molecule has 0 unspecified atom stereocenters. The first-order chi connectivity index (χ1) is 8.48. The van der Waals surface area contributed by atoms with Crippen molar-refractivity contribution in [3.63, 3.8) is 0 Å². The molecule has 2 nitrogen and oxygen atoms in total. The predicted octanol–water partition coefficient (Wildman–Crippen LogP) is 4.55. The quantitative estimate of drug-likeness (QED) is 0.416. The molecule has 0 aliphatic carbocycles. The maximum absolute atomic E-state index is 10.3. The summed E-state index contributed by atoms with van der Waals surface area (Å²) in [7, 11) is 0. The topological polar surface area (TPSA) is 37.3 Å². The molecule has 94 valence electrons. The van der Waals surface area contributed by atoms with Crippen molar-refractivity contribution in [1.29, 1.82) is 0 Å². The molecule has 16 heavy (non-hydrogen) atoms. The standard InChI is InChI=1S/C14H26O2/c1-2-3-4-5-6-7-8-9-10-11-12-13-14(15)16/h3-4H,2,5-13H2,1H3,(H,15,16)/b4-3+/i6D2. The molecule has 0 radical (unpaired) electrons. The number of carboxylic acid groups (broad SMARTS) is 1. The Labute approximate surface area is 103 Å². The Bertz CT molecular complexity index is 250. The highest BCUT2D eigenvalue weighted by atomic mass is 16.4. The molecule has 0 atom stereocenters. The monoisotopic (exact) mass is 228 g/mol. The lowest BCUT2D eigenvalue weighted by atomic mass is 10.1. The molecule has 0 aromatic carbocycles. The van der Waals surface area contributed by atoms with E-state index in [9.17, 15) is 4.79 Å². The van der Waals surface area contributed by atoms with Crippen LogP contribution in [0.3, 0.4) is 0 Å². The first-order valence-electron chi connectivity index (χ1n) is 7.35. The maximum atomic E-state index is 10.3. The van der Waals surface area contributed by atoms with E-state index in [2.05, 4.69) is 0 Å². The summed E-state index contributed by atoms with van der Waals surface area (Å²) in [6.07, 6.45) is 9.71. The summed E-state index contributed by atoms with van der Waals surface area (Å²) in [5.74, 6) is -0.728. The molecular formula is C14H26O2. The number of hydrogen-bond donors (Lipinski definition) is 1. The molecule has 0 aromatic rings. The van der Waals surface area contributed by atoms with Crippen LogP contribution in [0.15, 0.2) is 12.2 Å². The fourth-order valence-corrected chi connectivity index (χ4v) is 1.49. The van der Waals surface area contributed by atoms with Crippen molar-refractivity contribution < 1.29 is 12.6 Å². The van der Waals surface area contributed by atoms with E-state index in [1.807, 2.05) is 19.1 Å². The third kappa shape index (κ3) is 13.2. The number of unbranched alkanes of at least 4 members (excludes halogenated alkanes) is 4. The Hall–Kier alpha value is -0.790. The van der Waals surface area contributed by atoms with Gasteiger partial charge in [0.2, 0.25) is 0 Å². The van der Waals surface area contributed by atoms with E-state index < -0.39 is 12.3 Å². The van der Waals surface area contributed by atoms with E-state index in [1.165, 1.54) is 0 Å². The minimum atomic E-state index is -1.09. The molecule has 2 heteroatoms. The second-order valence-corrected chi connectivity index (χ2v) is 4.00. The summed E-state index contributed by atoms with van der Waals surface area (Å²) in [6.45, 7) is 2.04. The van der Waals surface area contributed by atoms with Crippen molar-refractivity contribution in [3.8, 4) is 0 Å². The summed E-state index contributed by atoms with van der Waals surface area (Å²) >= 11 is 0. The van der Waals surface area contributed by atoms with Crippen LogP contribution in [-0.4, -0.2) is 11.1 Å². The first-order valence-corrected chi connectivity index (χ1v) is 6.35. The van der Waals surface area contributed by atoms with Crippen molar-refractivity contribution in [2.75, 3.05) is 0 Å². The highest BCUT2D eigenvalue weighted by Crippen LogP contribution is 2.09. The molecule has 0 saturated heterocycles. The highest BCUT2D eigenvalue weighted by molar-refractivity contribution is 5.66. The Morgan fingerprint density at radius 2 is 1.75 bits per heavy atom. The number of rotatable bonds is 11. The average molecular weight is 228 g/mol. The van der Waals surface area contributed by atoms with Crippen molar-refractivity contribution >= 4 is 5.97 Å². The van der Waals surface area contributed by atoms with Crippen molar-refractivity contribution in [2.45, 2.75) is 71.1 Å². The third-order valence-corrected chi connectivity index (χ3v) is 2.41. The lowest BCUT2D eigenvalue weighted by Crippen LogP contribution is -1.93. The summed E-state index contributed by atoms with van der Waals surface area (Å²) in [6, 6.07) is 0. The normalized spacial score (nSPS) is 13.8. The largest absolute Gasteiger partial charge is 0.481 e. The fourth-order valence-electron chi connectivity index (χ4n) is 1.49. The Morgan fingerprint density at radius 3 is 2.38 bits per heavy atom. The van der Waals surface area contributed by atoms with Crippen LogP contribution in [0.5, 0.6) is 0 Å². The lowest BCUT2D eigenvalue weighted by Gasteiger charge is -2.00. The van der Waals surface area contributed by atoms with Gasteiger partial charge in [-0.2, -0.15) is 0 Å². The molecule has 0 bridgehead atoms. The van der Waals surface area contributed by atoms with Crippen LogP contribution in [0.25, 0.3) is 0 Å². The number of carbonyl (C=O) groups is 1. The van der Waals surface area contributed by atoms with Gasteiger partial charge in [-0.25, -0.2) is 0 Å². The molecule has 0 heterocycles. The van der Waals surface area contributed by atoms with Gasteiger partial charge in [-0.05, 0) is 25.6 Å². The highest BCUT2D eigenvalue weighted by Gasteiger charge is 1.96. The molecule has 1 N–H and O–H groups in total. The second-order valence-electron chi connectivity index (χ2n) is 4.00. The SMILES string of the molecule is [2H]C([2H])(C/C=C/CC)CCCCCCCC(=O)O. The zero-order valence-electron chi connectivity index (χ0n) is 12.4. The van der Waals surface area contributed by atoms with Crippen LogP contribution in [-0.2, 0) is 4.79 Å². The first kappa shape index (κ1) is 11.7. The van der Waals surface area contributed by atoms with Gasteiger partial charge in [-0.15, -0.1) is 0 Å². The van der Waals surface area contributed by atoms with Gasteiger partial charge in [0.15, 0.2) is 0 Å². The van der Waals surface area contributed by atoms with Gasteiger partial charge in [0.25, 0.3) is 0 Å². The van der Waals surface area contributed by atoms with Crippen LogP contribution in [0, 0.1) is 0 Å². The molecular weight excluding hydrogens is 200 g/mol. The lowest BCUT2D eigenvalue weighted by molar-refractivity contribution is -0.137.